The maximum absolute atomic E-state index is 11.3. The van der Waals surface area contributed by atoms with E-state index in [-0.39, 0.29) is 5.92 Å². The highest BCUT2D eigenvalue weighted by Crippen LogP contribution is 2.34. The number of carbonyl (C=O) groups excluding carboxylic acids is 2. The van der Waals surface area contributed by atoms with Gasteiger partial charge in [0.2, 0.25) is 0 Å². The van der Waals surface area contributed by atoms with Crippen molar-refractivity contribution >= 4 is 12.4 Å². The quantitative estimate of drug-likeness (QED) is 0.732. The maximum Gasteiger partial charge on any atom is 0.407 e. The summed E-state index contributed by atoms with van der Waals surface area (Å²) in [7, 11) is 0. The standard InChI is InChI=1S/C12H21NO3/c1-12(2,3)16-11(15)13-7-10(8-14)6-9-4-5-9/h8-10H,4-7H2,1-3H3,(H,13,15). The van der Waals surface area contributed by atoms with Gasteiger partial charge >= 0.3 is 6.09 Å². The number of aldehydes is 1. The Morgan fingerprint density at radius 3 is 2.56 bits per heavy atom. The lowest BCUT2D eigenvalue weighted by atomic mass is 10.0. The van der Waals surface area contributed by atoms with Crippen LogP contribution >= 0.6 is 0 Å². The number of amides is 1. The fourth-order valence-electron chi connectivity index (χ4n) is 1.50. The first-order valence-corrected chi connectivity index (χ1v) is 5.83. The van der Waals surface area contributed by atoms with Crippen LogP contribution in [-0.2, 0) is 9.53 Å². The van der Waals surface area contributed by atoms with Gasteiger partial charge in [0.1, 0.15) is 11.9 Å². The molecule has 1 rings (SSSR count). The van der Waals surface area contributed by atoms with Gasteiger partial charge in [0, 0.05) is 12.5 Å². The second kappa shape index (κ2) is 5.32. The molecule has 0 radical (unpaired) electrons. The van der Waals surface area contributed by atoms with E-state index in [2.05, 4.69) is 5.32 Å². The van der Waals surface area contributed by atoms with Crippen molar-refractivity contribution in [3.05, 3.63) is 0 Å². The number of ether oxygens (including phenoxy) is 1. The molecule has 1 amide bonds. The lowest BCUT2D eigenvalue weighted by Gasteiger charge is -2.20. The minimum Gasteiger partial charge on any atom is -0.444 e. The van der Waals surface area contributed by atoms with Crippen molar-refractivity contribution in [3.8, 4) is 0 Å². The molecule has 0 aliphatic heterocycles. The van der Waals surface area contributed by atoms with E-state index in [4.69, 9.17) is 4.74 Å². The molecule has 1 fully saturated rings. The third-order valence-electron chi connectivity index (χ3n) is 2.43. The van der Waals surface area contributed by atoms with E-state index in [1.54, 1.807) is 0 Å². The minimum absolute atomic E-state index is 0.0694. The summed E-state index contributed by atoms with van der Waals surface area (Å²) in [6.45, 7) is 5.82. The van der Waals surface area contributed by atoms with E-state index in [0.717, 1.165) is 12.7 Å². The third-order valence-corrected chi connectivity index (χ3v) is 2.43. The summed E-state index contributed by atoms with van der Waals surface area (Å²) >= 11 is 0. The van der Waals surface area contributed by atoms with Crippen LogP contribution in [0.25, 0.3) is 0 Å². The predicted octanol–water partition coefficient (Wildman–Crippen LogP) is 2.13. The van der Waals surface area contributed by atoms with Crippen molar-refractivity contribution in [2.45, 2.75) is 45.6 Å². The number of carbonyl (C=O) groups is 2. The predicted molar refractivity (Wildman–Crippen MR) is 61.1 cm³/mol. The molecule has 4 heteroatoms. The molecule has 1 aliphatic rings. The zero-order valence-electron chi connectivity index (χ0n) is 10.3. The third kappa shape index (κ3) is 5.73. The van der Waals surface area contributed by atoms with Gasteiger partial charge in [0.15, 0.2) is 0 Å². The molecule has 0 aromatic rings. The highest BCUT2D eigenvalue weighted by Gasteiger charge is 2.25. The smallest absolute Gasteiger partial charge is 0.407 e. The number of hydrogen-bond donors (Lipinski definition) is 1. The van der Waals surface area contributed by atoms with Gasteiger partial charge in [-0.3, -0.25) is 0 Å². The highest BCUT2D eigenvalue weighted by atomic mass is 16.6. The molecule has 92 valence electrons. The summed E-state index contributed by atoms with van der Waals surface area (Å²) in [5.41, 5.74) is -0.489. The molecule has 1 saturated carbocycles. The van der Waals surface area contributed by atoms with Gasteiger partial charge in [-0.25, -0.2) is 4.79 Å². The monoisotopic (exact) mass is 227 g/mol. The fraction of sp³-hybridized carbons (Fsp3) is 0.833. The van der Waals surface area contributed by atoms with Gasteiger partial charge < -0.3 is 14.8 Å². The van der Waals surface area contributed by atoms with Crippen LogP contribution in [0.2, 0.25) is 0 Å². The van der Waals surface area contributed by atoms with E-state index >= 15 is 0 Å². The average Bonchev–Trinajstić information content (AvgIpc) is 2.92. The molecule has 1 unspecified atom stereocenters. The van der Waals surface area contributed by atoms with Crippen molar-refractivity contribution in [3.63, 3.8) is 0 Å². The van der Waals surface area contributed by atoms with E-state index in [9.17, 15) is 9.59 Å². The first kappa shape index (κ1) is 13.0. The molecule has 16 heavy (non-hydrogen) atoms. The maximum atomic E-state index is 11.3. The lowest BCUT2D eigenvalue weighted by molar-refractivity contribution is -0.111. The average molecular weight is 227 g/mol. The Kier molecular flexibility index (Phi) is 4.33. The van der Waals surface area contributed by atoms with Gasteiger partial charge in [-0.1, -0.05) is 12.8 Å². The molecule has 0 aromatic carbocycles. The minimum atomic E-state index is -0.489. The van der Waals surface area contributed by atoms with E-state index in [1.165, 1.54) is 12.8 Å². The molecular weight excluding hydrogens is 206 g/mol. The molecule has 0 aromatic heterocycles. The molecule has 1 atom stereocenters. The first-order valence-electron chi connectivity index (χ1n) is 5.83. The van der Waals surface area contributed by atoms with E-state index in [1.807, 2.05) is 20.8 Å². The Morgan fingerprint density at radius 2 is 2.12 bits per heavy atom. The van der Waals surface area contributed by atoms with Crippen LogP contribution in [-0.4, -0.2) is 24.5 Å². The Labute approximate surface area is 96.7 Å². The summed E-state index contributed by atoms with van der Waals surface area (Å²) in [6, 6.07) is 0. The van der Waals surface area contributed by atoms with Crippen LogP contribution in [0, 0.1) is 11.8 Å². The molecule has 1 N–H and O–H groups in total. The SMILES string of the molecule is CC(C)(C)OC(=O)NCC(C=O)CC1CC1. The summed E-state index contributed by atoms with van der Waals surface area (Å²) in [5.74, 6) is 0.621. The highest BCUT2D eigenvalue weighted by molar-refractivity contribution is 5.68. The van der Waals surface area contributed by atoms with Crippen LogP contribution in [0.4, 0.5) is 4.79 Å². The largest absolute Gasteiger partial charge is 0.444 e. The second-order valence-electron chi connectivity index (χ2n) is 5.46. The summed E-state index contributed by atoms with van der Waals surface area (Å²) < 4.78 is 5.09. The Hall–Kier alpha value is -1.06. The van der Waals surface area contributed by atoms with Gasteiger partial charge in [0.05, 0.1) is 0 Å². The molecule has 0 spiro atoms. The number of alkyl carbamates (subject to hydrolysis) is 1. The van der Waals surface area contributed by atoms with Crippen LogP contribution in [0.1, 0.15) is 40.0 Å². The van der Waals surface area contributed by atoms with Crippen molar-refractivity contribution in [2.24, 2.45) is 11.8 Å². The topological polar surface area (TPSA) is 55.4 Å². The number of rotatable bonds is 5. The van der Waals surface area contributed by atoms with Gasteiger partial charge in [0.25, 0.3) is 0 Å². The molecular formula is C12H21NO3. The Bertz CT molecular complexity index is 253. The summed E-state index contributed by atoms with van der Waals surface area (Å²) in [5, 5.41) is 2.63. The van der Waals surface area contributed by atoms with Crippen molar-refractivity contribution in [2.75, 3.05) is 6.54 Å². The van der Waals surface area contributed by atoms with Crippen LogP contribution in [0.3, 0.4) is 0 Å². The van der Waals surface area contributed by atoms with Gasteiger partial charge in [-0.15, -0.1) is 0 Å². The molecule has 4 nitrogen and oxygen atoms in total. The van der Waals surface area contributed by atoms with Crippen LogP contribution in [0.15, 0.2) is 0 Å². The Morgan fingerprint density at radius 1 is 1.50 bits per heavy atom. The molecule has 0 saturated heterocycles. The Balaban J connectivity index is 2.20. The fourth-order valence-corrected chi connectivity index (χ4v) is 1.50. The van der Waals surface area contributed by atoms with E-state index < -0.39 is 11.7 Å². The zero-order chi connectivity index (χ0) is 12.2. The van der Waals surface area contributed by atoms with Crippen LogP contribution in [0.5, 0.6) is 0 Å². The number of nitrogens with one attached hydrogen (secondary N) is 1. The molecule has 0 heterocycles. The number of hydrogen-bond acceptors (Lipinski definition) is 3. The van der Waals surface area contributed by atoms with Crippen molar-refractivity contribution in [1.29, 1.82) is 0 Å². The van der Waals surface area contributed by atoms with Crippen molar-refractivity contribution < 1.29 is 14.3 Å². The second-order valence-corrected chi connectivity index (χ2v) is 5.46. The normalized spacial score (nSPS) is 17.7. The van der Waals surface area contributed by atoms with Gasteiger partial charge in [-0.2, -0.15) is 0 Å². The van der Waals surface area contributed by atoms with Crippen molar-refractivity contribution in [1.82, 2.24) is 5.32 Å². The van der Waals surface area contributed by atoms with Gasteiger partial charge in [-0.05, 0) is 33.1 Å². The summed E-state index contributed by atoms with van der Waals surface area (Å²) in [6.07, 6.45) is 3.80. The first-order chi connectivity index (χ1) is 7.40. The molecule has 0 bridgehead atoms. The summed E-state index contributed by atoms with van der Waals surface area (Å²) in [4.78, 5) is 22.1. The van der Waals surface area contributed by atoms with E-state index in [0.29, 0.717) is 12.5 Å². The lowest BCUT2D eigenvalue weighted by Crippen LogP contribution is -2.35. The van der Waals surface area contributed by atoms with Crippen LogP contribution < -0.4 is 5.32 Å². The zero-order valence-corrected chi connectivity index (χ0v) is 10.3. The molecule has 1 aliphatic carbocycles.